The molecule has 0 bridgehead atoms. The van der Waals surface area contributed by atoms with Crippen LogP contribution in [0.4, 0.5) is 4.39 Å². The molecule has 5 heterocycles. The quantitative estimate of drug-likeness (QED) is 0.263. The van der Waals surface area contributed by atoms with Crippen LogP contribution >= 0.6 is 11.8 Å². The predicted molar refractivity (Wildman–Crippen MR) is 135 cm³/mol. The molecule has 212 valence electrons. The first kappa shape index (κ1) is 27.5. The third-order valence-electron chi connectivity index (χ3n) is 8.00. The van der Waals surface area contributed by atoms with Gasteiger partial charge in [-0.2, -0.15) is 0 Å². The highest BCUT2D eigenvalue weighted by Gasteiger charge is 2.60. The van der Waals surface area contributed by atoms with Gasteiger partial charge in [-0.1, -0.05) is 6.92 Å². The molecule has 5 rings (SSSR count). The van der Waals surface area contributed by atoms with Crippen LogP contribution in [0.3, 0.4) is 0 Å². The first-order valence-electron chi connectivity index (χ1n) is 13.0. The van der Waals surface area contributed by atoms with Crippen LogP contribution in [0.15, 0.2) is 16.9 Å². The summed E-state index contributed by atoms with van der Waals surface area (Å²) in [6.45, 7) is 4.36. The van der Waals surface area contributed by atoms with Gasteiger partial charge in [0.15, 0.2) is 0 Å². The van der Waals surface area contributed by atoms with Gasteiger partial charge in [-0.25, -0.2) is 13.9 Å². The van der Waals surface area contributed by atoms with Crippen LogP contribution in [-0.2, 0) is 25.7 Å². The minimum atomic E-state index is -1.25. The molecule has 3 saturated heterocycles. The van der Waals surface area contributed by atoms with Crippen molar-refractivity contribution in [2.45, 2.75) is 68.8 Å². The SMILES string of the molecule is CC(NC(=O)Cn1cnnn1)[C@H]1C(=O)N2C(C(=O)O)=C(S[C@@H]3CN[C@H](C(=O)N4CCC(N)C(F)C4)C3)[C@H](C)[C@H]12. The van der Waals surface area contributed by atoms with Gasteiger partial charge < -0.3 is 31.3 Å². The fraction of sp³-hybridized carbons (Fsp3) is 0.696. The van der Waals surface area contributed by atoms with E-state index in [0.29, 0.717) is 30.8 Å². The van der Waals surface area contributed by atoms with E-state index in [1.807, 2.05) is 6.92 Å². The minimum absolute atomic E-state index is 0.0219. The summed E-state index contributed by atoms with van der Waals surface area (Å²) < 4.78 is 15.3. The number of nitrogens with two attached hydrogens (primary N) is 1. The van der Waals surface area contributed by atoms with E-state index in [2.05, 4.69) is 26.2 Å². The molecule has 1 aromatic heterocycles. The number of halogens is 1. The Kier molecular flexibility index (Phi) is 7.61. The number of hydrogen-bond donors (Lipinski definition) is 4. The standard InChI is InChI=1S/C23H32FN9O5S/c1-10-18-17(11(2)28-16(34)8-32-9-27-29-30-32)22(36)33(18)19(23(37)38)20(10)39-12-5-15(26-6-12)21(35)31-4-3-14(25)13(24)7-31/h9-15,17-18,26H,3-8,25H2,1-2H3,(H,28,34)(H,37,38)/t10-,11?,12+,13?,14?,15+,17-,18-/m1/s1. The number of tetrazole rings is 1. The second kappa shape index (κ2) is 10.8. The van der Waals surface area contributed by atoms with Crippen LogP contribution in [0.5, 0.6) is 0 Å². The maximum absolute atomic E-state index is 14.1. The molecule has 39 heavy (non-hydrogen) atoms. The Balaban J connectivity index is 1.22. The number of likely N-dealkylation sites (tertiary alicyclic amines) is 1. The van der Waals surface area contributed by atoms with Gasteiger partial charge in [-0.05, 0) is 30.2 Å². The van der Waals surface area contributed by atoms with E-state index in [9.17, 15) is 28.7 Å². The molecular weight excluding hydrogens is 533 g/mol. The second-order valence-corrected chi connectivity index (χ2v) is 11.9. The van der Waals surface area contributed by atoms with Crippen molar-refractivity contribution in [3.8, 4) is 0 Å². The highest BCUT2D eigenvalue weighted by atomic mass is 32.2. The van der Waals surface area contributed by atoms with E-state index < -0.39 is 42.2 Å². The van der Waals surface area contributed by atoms with Crippen LogP contribution in [-0.4, -0.2) is 114 Å². The Morgan fingerprint density at radius 1 is 1.38 bits per heavy atom. The van der Waals surface area contributed by atoms with Gasteiger partial charge in [0.1, 0.15) is 24.7 Å². The van der Waals surface area contributed by atoms with Gasteiger partial charge in [-0.3, -0.25) is 14.4 Å². The van der Waals surface area contributed by atoms with E-state index in [0.717, 1.165) is 0 Å². The normalized spacial score (nSPS) is 33.1. The van der Waals surface area contributed by atoms with E-state index >= 15 is 0 Å². The number of hydrogen-bond acceptors (Lipinski definition) is 10. The maximum Gasteiger partial charge on any atom is 0.353 e. The number of fused-ring (bicyclic) bond motifs is 1. The molecule has 0 saturated carbocycles. The summed E-state index contributed by atoms with van der Waals surface area (Å²) in [6, 6.07) is -1.98. The lowest BCUT2D eigenvalue weighted by Crippen LogP contribution is -2.66. The van der Waals surface area contributed by atoms with E-state index in [4.69, 9.17) is 5.73 Å². The second-order valence-electron chi connectivity index (χ2n) is 10.6. The summed E-state index contributed by atoms with van der Waals surface area (Å²) in [5, 5.41) is 26.5. The van der Waals surface area contributed by atoms with Crippen LogP contribution in [0.1, 0.15) is 26.7 Å². The van der Waals surface area contributed by atoms with Crippen molar-refractivity contribution in [2.75, 3.05) is 19.6 Å². The average Bonchev–Trinajstić information content (AvgIpc) is 3.61. The lowest BCUT2D eigenvalue weighted by atomic mass is 9.78. The topological polar surface area (TPSA) is 189 Å². The third kappa shape index (κ3) is 5.12. The molecule has 3 fully saturated rings. The Hall–Kier alpha value is -3.11. The molecule has 5 N–H and O–H groups in total. The summed E-state index contributed by atoms with van der Waals surface area (Å²) in [4.78, 5) is 54.2. The van der Waals surface area contributed by atoms with Crippen molar-refractivity contribution in [1.29, 1.82) is 0 Å². The van der Waals surface area contributed by atoms with Crippen LogP contribution in [0.25, 0.3) is 0 Å². The van der Waals surface area contributed by atoms with Crippen molar-refractivity contribution in [1.82, 2.24) is 40.6 Å². The largest absolute Gasteiger partial charge is 0.477 e. The predicted octanol–water partition coefficient (Wildman–Crippen LogP) is -1.69. The summed E-state index contributed by atoms with van der Waals surface area (Å²) >= 11 is 1.37. The van der Waals surface area contributed by atoms with E-state index in [1.54, 1.807) is 6.92 Å². The maximum atomic E-state index is 14.1. The number of carboxylic acids is 1. The highest BCUT2D eigenvalue weighted by molar-refractivity contribution is 8.03. The smallest absolute Gasteiger partial charge is 0.353 e. The first-order valence-corrected chi connectivity index (χ1v) is 13.8. The van der Waals surface area contributed by atoms with Crippen LogP contribution in [0, 0.1) is 11.8 Å². The molecule has 14 nitrogen and oxygen atoms in total. The first-order chi connectivity index (χ1) is 18.6. The fourth-order valence-corrected chi connectivity index (χ4v) is 7.47. The van der Waals surface area contributed by atoms with Gasteiger partial charge in [-0.15, -0.1) is 16.9 Å². The van der Waals surface area contributed by atoms with E-state index in [-0.39, 0.29) is 47.7 Å². The van der Waals surface area contributed by atoms with Crippen LogP contribution in [0.2, 0.25) is 0 Å². The van der Waals surface area contributed by atoms with E-state index in [1.165, 1.54) is 32.6 Å². The number of rotatable bonds is 8. The number of carboxylic acid groups (broad SMARTS) is 1. The number of thioether (sulfide) groups is 1. The number of alkyl halides is 1. The molecule has 1 aromatic rings. The number of aromatic nitrogens is 4. The third-order valence-corrected chi connectivity index (χ3v) is 9.51. The van der Waals surface area contributed by atoms with Gasteiger partial charge in [0.2, 0.25) is 17.7 Å². The summed E-state index contributed by atoms with van der Waals surface area (Å²) in [5.41, 5.74) is 5.70. The van der Waals surface area contributed by atoms with Gasteiger partial charge >= 0.3 is 5.97 Å². The minimum Gasteiger partial charge on any atom is -0.477 e. The van der Waals surface area contributed by atoms with Crippen molar-refractivity contribution in [3.05, 3.63) is 16.9 Å². The number of nitrogens with zero attached hydrogens (tertiary/aromatic N) is 6. The molecule has 16 heteroatoms. The number of piperidine rings is 1. The summed E-state index contributed by atoms with van der Waals surface area (Å²) in [5.74, 6) is -2.93. The molecule has 4 aliphatic rings. The zero-order valence-corrected chi connectivity index (χ0v) is 22.4. The summed E-state index contributed by atoms with van der Waals surface area (Å²) in [7, 11) is 0. The monoisotopic (exact) mass is 565 g/mol. The fourth-order valence-electron chi connectivity index (χ4n) is 5.99. The number of β-lactam (4-membered cyclic amide) rings is 1. The lowest BCUT2D eigenvalue weighted by molar-refractivity contribution is -0.158. The molecule has 0 aromatic carbocycles. The number of carbonyl (C=O) groups is 4. The molecular formula is C23H32FN9O5S. The van der Waals surface area contributed by atoms with Gasteiger partial charge in [0.25, 0.3) is 0 Å². The van der Waals surface area contributed by atoms with Crippen molar-refractivity contribution in [2.24, 2.45) is 17.6 Å². The molecule has 3 amide bonds. The molecule has 0 spiro atoms. The van der Waals surface area contributed by atoms with Gasteiger partial charge in [0.05, 0.1) is 24.5 Å². The number of amides is 3. The van der Waals surface area contributed by atoms with Crippen molar-refractivity contribution >= 4 is 35.5 Å². The van der Waals surface area contributed by atoms with Crippen LogP contribution < -0.4 is 16.4 Å². The number of nitrogens with one attached hydrogen (secondary N) is 2. The lowest BCUT2D eigenvalue weighted by Gasteiger charge is -2.47. The Morgan fingerprint density at radius 2 is 2.15 bits per heavy atom. The molecule has 4 aliphatic heterocycles. The van der Waals surface area contributed by atoms with Crippen molar-refractivity contribution in [3.63, 3.8) is 0 Å². The number of aliphatic carboxylic acids is 1. The molecule has 0 aliphatic carbocycles. The zero-order valence-electron chi connectivity index (χ0n) is 21.6. The highest BCUT2D eigenvalue weighted by Crippen LogP contribution is 2.51. The molecule has 8 atom stereocenters. The molecule has 0 radical (unpaired) electrons. The summed E-state index contributed by atoms with van der Waals surface area (Å²) in [6.07, 6.45) is 0.922. The number of carbonyl (C=O) groups excluding carboxylic acids is 3. The molecule has 3 unspecified atom stereocenters. The Labute approximate surface area is 227 Å². The Morgan fingerprint density at radius 3 is 2.82 bits per heavy atom. The van der Waals surface area contributed by atoms with Crippen molar-refractivity contribution < 1.29 is 28.7 Å². The van der Waals surface area contributed by atoms with Gasteiger partial charge in [0, 0.05) is 41.2 Å². The Bertz CT molecular complexity index is 1180. The zero-order chi connectivity index (χ0) is 28.0. The average molecular weight is 566 g/mol.